The molecule has 1 rings (SSSR count). The van der Waals surface area contributed by atoms with E-state index in [1.807, 2.05) is 0 Å². The van der Waals surface area contributed by atoms with Crippen LogP contribution in [0.25, 0.3) is 0 Å². The Morgan fingerprint density at radius 1 is 1.67 bits per heavy atom. The molecule has 0 unspecified atom stereocenters. The molecule has 3 nitrogen and oxygen atoms in total. The highest BCUT2D eigenvalue weighted by Crippen LogP contribution is 2.20. The molecule has 0 amide bonds. The van der Waals surface area contributed by atoms with Gasteiger partial charge in [-0.15, -0.1) is 0 Å². The predicted molar refractivity (Wildman–Crippen MR) is 23.1 cm³/mol. The van der Waals surface area contributed by atoms with Crippen LogP contribution in [0.4, 0.5) is 8.78 Å². The topological polar surface area (TPSA) is 46.3 Å². The van der Waals surface area contributed by atoms with E-state index < -0.39 is 18.3 Å². The fraction of sp³-hybridized carbons (Fsp3) is 0.250. The maximum absolute atomic E-state index is 11.5. The van der Waals surface area contributed by atoms with Crippen molar-refractivity contribution in [2.75, 3.05) is 0 Å². The van der Waals surface area contributed by atoms with Crippen LogP contribution in [-0.2, 0) is 0 Å². The minimum Gasteiger partial charge on any atom is -0.480 e. The van der Waals surface area contributed by atoms with E-state index in [1.165, 1.54) is 0 Å². The van der Waals surface area contributed by atoms with Gasteiger partial charge in [-0.2, -0.15) is 8.78 Å². The van der Waals surface area contributed by atoms with Gasteiger partial charge in [-0.3, -0.25) is 0 Å². The summed E-state index contributed by atoms with van der Waals surface area (Å²) in [6.07, 6.45) is -1.94. The average molecular weight is 135 g/mol. The first-order valence-electron chi connectivity index (χ1n) is 2.13. The smallest absolute Gasteiger partial charge is 0.313 e. The Morgan fingerprint density at radius 3 is 2.56 bits per heavy atom. The standard InChI is InChI=1S/C4H3F2NO2/c5-3(6)4-7-1-2(8)9-4/h1,3,8H. The molecule has 0 aliphatic carbocycles. The Morgan fingerprint density at radius 2 is 2.33 bits per heavy atom. The molecule has 0 aromatic carbocycles. The number of hydrogen-bond acceptors (Lipinski definition) is 3. The lowest BCUT2D eigenvalue weighted by molar-refractivity contribution is 0.109. The molecular weight excluding hydrogens is 132 g/mol. The van der Waals surface area contributed by atoms with Gasteiger partial charge in [0, 0.05) is 0 Å². The number of rotatable bonds is 1. The molecule has 1 aromatic rings. The van der Waals surface area contributed by atoms with Gasteiger partial charge in [0.1, 0.15) is 6.20 Å². The van der Waals surface area contributed by atoms with Crippen LogP contribution < -0.4 is 0 Å². The first kappa shape index (κ1) is 6.00. The number of oxazole rings is 1. The van der Waals surface area contributed by atoms with E-state index in [0.717, 1.165) is 6.20 Å². The molecule has 1 N–H and O–H groups in total. The van der Waals surface area contributed by atoms with Gasteiger partial charge in [-0.25, -0.2) is 4.98 Å². The monoisotopic (exact) mass is 135 g/mol. The Kier molecular flexibility index (Phi) is 1.33. The first-order valence-corrected chi connectivity index (χ1v) is 2.13. The lowest BCUT2D eigenvalue weighted by Crippen LogP contribution is -1.79. The second-order valence-corrected chi connectivity index (χ2v) is 1.34. The first-order chi connectivity index (χ1) is 4.20. The van der Waals surface area contributed by atoms with Gasteiger partial charge in [0.15, 0.2) is 0 Å². The maximum atomic E-state index is 11.5. The molecule has 0 atom stereocenters. The zero-order valence-electron chi connectivity index (χ0n) is 4.21. The van der Waals surface area contributed by atoms with E-state index in [0.29, 0.717) is 0 Å². The zero-order chi connectivity index (χ0) is 6.85. The highest BCUT2D eigenvalue weighted by Gasteiger charge is 2.13. The van der Waals surface area contributed by atoms with Crippen LogP contribution in [0.1, 0.15) is 12.3 Å². The van der Waals surface area contributed by atoms with Crippen molar-refractivity contribution in [2.45, 2.75) is 6.43 Å². The molecule has 0 fully saturated rings. The van der Waals surface area contributed by atoms with Crippen molar-refractivity contribution in [1.82, 2.24) is 4.98 Å². The average Bonchev–Trinajstić information content (AvgIpc) is 2.14. The summed E-state index contributed by atoms with van der Waals surface area (Å²) in [5, 5.41) is 8.34. The number of nitrogens with zero attached hydrogens (tertiary/aromatic N) is 1. The van der Waals surface area contributed by atoms with Gasteiger partial charge in [0.25, 0.3) is 5.89 Å². The third-order valence-electron chi connectivity index (χ3n) is 0.698. The molecule has 50 valence electrons. The fourth-order valence-electron chi connectivity index (χ4n) is 0.380. The summed E-state index contributed by atoms with van der Waals surface area (Å²) < 4.78 is 27.1. The molecule has 5 heteroatoms. The summed E-state index contributed by atoms with van der Waals surface area (Å²) in [7, 11) is 0. The summed E-state index contributed by atoms with van der Waals surface area (Å²) in [5.41, 5.74) is 0. The van der Waals surface area contributed by atoms with Crippen LogP contribution in [-0.4, -0.2) is 10.1 Å². The lowest BCUT2D eigenvalue weighted by Gasteiger charge is -1.86. The summed E-state index contributed by atoms with van der Waals surface area (Å²) in [6.45, 7) is 0. The lowest BCUT2D eigenvalue weighted by atomic mass is 10.7. The number of hydrogen-bond donors (Lipinski definition) is 1. The van der Waals surface area contributed by atoms with Crippen LogP contribution in [0.3, 0.4) is 0 Å². The van der Waals surface area contributed by atoms with E-state index in [4.69, 9.17) is 5.11 Å². The number of aromatic hydroxyl groups is 1. The van der Waals surface area contributed by atoms with Crippen molar-refractivity contribution < 1.29 is 18.3 Å². The normalized spacial score (nSPS) is 10.6. The van der Waals surface area contributed by atoms with E-state index in [2.05, 4.69) is 9.40 Å². The van der Waals surface area contributed by atoms with Gasteiger partial charge in [-0.05, 0) is 0 Å². The Balaban J connectivity index is 2.85. The largest absolute Gasteiger partial charge is 0.480 e. The van der Waals surface area contributed by atoms with Gasteiger partial charge in [0.2, 0.25) is 0 Å². The number of halogens is 2. The Bertz CT molecular complexity index is 198. The summed E-state index contributed by atoms with van der Waals surface area (Å²) in [4.78, 5) is 3.05. The van der Waals surface area contributed by atoms with Crippen molar-refractivity contribution in [3.05, 3.63) is 12.1 Å². The second kappa shape index (κ2) is 2.00. The maximum Gasteiger partial charge on any atom is 0.313 e. The van der Waals surface area contributed by atoms with Crippen molar-refractivity contribution in [2.24, 2.45) is 0 Å². The summed E-state index contributed by atoms with van der Waals surface area (Å²) in [5.74, 6) is -1.35. The van der Waals surface area contributed by atoms with Crippen LogP contribution in [0, 0.1) is 0 Å². The molecule has 0 saturated heterocycles. The highest BCUT2D eigenvalue weighted by atomic mass is 19.3. The molecule has 0 saturated carbocycles. The van der Waals surface area contributed by atoms with Crippen molar-refractivity contribution in [1.29, 1.82) is 0 Å². The van der Waals surface area contributed by atoms with Crippen molar-refractivity contribution in [3.8, 4) is 5.95 Å². The molecule has 0 aliphatic heterocycles. The van der Waals surface area contributed by atoms with Crippen LogP contribution in [0.15, 0.2) is 10.6 Å². The van der Waals surface area contributed by atoms with E-state index in [-0.39, 0.29) is 0 Å². The van der Waals surface area contributed by atoms with Crippen molar-refractivity contribution in [3.63, 3.8) is 0 Å². The Hall–Kier alpha value is -1.13. The molecule has 9 heavy (non-hydrogen) atoms. The molecule has 0 spiro atoms. The zero-order valence-corrected chi connectivity index (χ0v) is 4.21. The molecule has 0 bridgehead atoms. The third-order valence-corrected chi connectivity index (χ3v) is 0.698. The second-order valence-electron chi connectivity index (χ2n) is 1.34. The van der Waals surface area contributed by atoms with Crippen LogP contribution >= 0.6 is 0 Å². The quantitative estimate of drug-likeness (QED) is 0.631. The van der Waals surface area contributed by atoms with Crippen molar-refractivity contribution >= 4 is 0 Å². The molecule has 1 heterocycles. The van der Waals surface area contributed by atoms with Gasteiger partial charge >= 0.3 is 12.4 Å². The fourth-order valence-corrected chi connectivity index (χ4v) is 0.380. The van der Waals surface area contributed by atoms with E-state index >= 15 is 0 Å². The predicted octanol–water partition coefficient (Wildman–Crippen LogP) is 1.32. The number of aromatic nitrogens is 1. The SMILES string of the molecule is Oc1cnc(C(F)F)o1. The summed E-state index contributed by atoms with van der Waals surface area (Å²) in [6, 6.07) is 0. The van der Waals surface area contributed by atoms with Gasteiger partial charge < -0.3 is 9.52 Å². The molecule has 1 aromatic heterocycles. The van der Waals surface area contributed by atoms with Crippen LogP contribution in [0.5, 0.6) is 5.95 Å². The van der Waals surface area contributed by atoms with Crippen LogP contribution in [0.2, 0.25) is 0 Å². The molecule has 0 radical (unpaired) electrons. The highest BCUT2D eigenvalue weighted by molar-refractivity contribution is 4.97. The van der Waals surface area contributed by atoms with E-state index in [1.54, 1.807) is 0 Å². The van der Waals surface area contributed by atoms with E-state index in [9.17, 15) is 8.78 Å². The number of alkyl halides is 2. The van der Waals surface area contributed by atoms with Gasteiger partial charge in [-0.1, -0.05) is 0 Å². The minimum atomic E-state index is -2.76. The van der Waals surface area contributed by atoms with Gasteiger partial charge in [0.05, 0.1) is 0 Å². The molecule has 0 aliphatic rings. The summed E-state index contributed by atoms with van der Waals surface area (Å²) >= 11 is 0. The molecular formula is C4H3F2NO2. The Labute approximate surface area is 48.9 Å². The third kappa shape index (κ3) is 1.16. The minimum absolute atomic E-state index is 0.592.